The van der Waals surface area contributed by atoms with Crippen LogP contribution in [0.25, 0.3) is 0 Å². The largest absolute Gasteiger partial charge is 0.324 e. The first-order valence-corrected chi connectivity index (χ1v) is 6.36. The monoisotopic (exact) mass is 247 g/mol. The van der Waals surface area contributed by atoms with Gasteiger partial charge in [0.25, 0.3) is 0 Å². The summed E-state index contributed by atoms with van der Waals surface area (Å²) in [6.07, 6.45) is 0. The summed E-state index contributed by atoms with van der Waals surface area (Å²) in [5, 5.41) is 6.26. The van der Waals surface area contributed by atoms with Crippen LogP contribution in [-0.4, -0.2) is 43.5 Å². The molecule has 18 heavy (non-hydrogen) atoms. The molecule has 4 nitrogen and oxygen atoms in total. The highest BCUT2D eigenvalue weighted by atomic mass is 16.2. The van der Waals surface area contributed by atoms with Gasteiger partial charge in [-0.15, -0.1) is 0 Å². The van der Waals surface area contributed by atoms with Crippen LogP contribution in [0.15, 0.2) is 18.2 Å². The summed E-state index contributed by atoms with van der Waals surface area (Å²) >= 11 is 0. The maximum Gasteiger partial charge on any atom is 0.242 e. The Morgan fingerprint density at radius 1 is 1.44 bits per heavy atom. The molecule has 2 N–H and O–H groups in total. The van der Waals surface area contributed by atoms with Crippen LogP contribution >= 0.6 is 0 Å². The van der Waals surface area contributed by atoms with Gasteiger partial charge in [-0.05, 0) is 38.1 Å². The van der Waals surface area contributed by atoms with Gasteiger partial charge in [0.2, 0.25) is 5.91 Å². The van der Waals surface area contributed by atoms with Crippen LogP contribution in [0.1, 0.15) is 11.1 Å². The van der Waals surface area contributed by atoms with Crippen LogP contribution in [0.5, 0.6) is 0 Å². The average molecular weight is 247 g/mol. The number of piperazine rings is 1. The second-order valence-corrected chi connectivity index (χ2v) is 5.08. The molecule has 98 valence electrons. The Morgan fingerprint density at radius 3 is 2.94 bits per heavy atom. The molecule has 1 aliphatic heterocycles. The third-order valence-electron chi connectivity index (χ3n) is 3.35. The van der Waals surface area contributed by atoms with Gasteiger partial charge in [0.15, 0.2) is 0 Å². The smallest absolute Gasteiger partial charge is 0.242 e. The summed E-state index contributed by atoms with van der Waals surface area (Å²) in [6, 6.07) is 5.98. The van der Waals surface area contributed by atoms with Crippen LogP contribution < -0.4 is 10.6 Å². The number of nitrogens with one attached hydrogen (secondary N) is 2. The Hall–Kier alpha value is -1.39. The molecule has 1 aromatic carbocycles. The van der Waals surface area contributed by atoms with Crippen LogP contribution in [0.2, 0.25) is 0 Å². The van der Waals surface area contributed by atoms with E-state index in [0.717, 1.165) is 36.4 Å². The first kappa shape index (κ1) is 13.1. The van der Waals surface area contributed by atoms with Gasteiger partial charge in [0, 0.05) is 25.3 Å². The molecule has 0 spiro atoms. The molecule has 0 aromatic heterocycles. The minimum absolute atomic E-state index is 0.0512. The zero-order valence-electron chi connectivity index (χ0n) is 11.3. The Morgan fingerprint density at radius 2 is 2.22 bits per heavy atom. The highest BCUT2D eigenvalue weighted by molar-refractivity contribution is 5.95. The van der Waals surface area contributed by atoms with E-state index in [-0.39, 0.29) is 11.9 Å². The Bertz CT molecular complexity index is 445. The lowest BCUT2D eigenvalue weighted by Gasteiger charge is -2.30. The van der Waals surface area contributed by atoms with Gasteiger partial charge < -0.3 is 15.5 Å². The van der Waals surface area contributed by atoms with Crippen molar-refractivity contribution in [3.63, 3.8) is 0 Å². The van der Waals surface area contributed by atoms with Gasteiger partial charge in [-0.2, -0.15) is 0 Å². The molecule has 2 rings (SSSR count). The van der Waals surface area contributed by atoms with E-state index in [0.29, 0.717) is 0 Å². The van der Waals surface area contributed by atoms with E-state index in [1.165, 1.54) is 0 Å². The number of amides is 1. The van der Waals surface area contributed by atoms with E-state index in [9.17, 15) is 4.79 Å². The topological polar surface area (TPSA) is 44.4 Å². The van der Waals surface area contributed by atoms with Gasteiger partial charge in [-0.3, -0.25) is 4.79 Å². The maximum absolute atomic E-state index is 12.2. The second-order valence-electron chi connectivity index (χ2n) is 5.08. The lowest BCUT2D eigenvalue weighted by atomic mass is 10.1. The van der Waals surface area contributed by atoms with Crippen molar-refractivity contribution in [2.45, 2.75) is 19.9 Å². The highest BCUT2D eigenvalue weighted by Gasteiger charge is 2.23. The van der Waals surface area contributed by atoms with E-state index < -0.39 is 0 Å². The molecule has 1 aromatic rings. The molecular formula is C14H21N3O. The fourth-order valence-electron chi connectivity index (χ4n) is 2.16. The van der Waals surface area contributed by atoms with E-state index in [1.54, 1.807) is 0 Å². The first-order valence-electron chi connectivity index (χ1n) is 6.36. The average Bonchev–Trinajstić information content (AvgIpc) is 2.34. The molecular weight excluding hydrogens is 226 g/mol. The number of benzene rings is 1. The van der Waals surface area contributed by atoms with Crippen molar-refractivity contribution < 1.29 is 4.79 Å². The number of hydrogen-bond donors (Lipinski definition) is 2. The van der Waals surface area contributed by atoms with Crippen LogP contribution in [0.4, 0.5) is 5.69 Å². The molecule has 1 unspecified atom stereocenters. The summed E-state index contributed by atoms with van der Waals surface area (Å²) in [6.45, 7) is 6.66. The predicted octanol–water partition coefficient (Wildman–Crippen LogP) is 1.15. The van der Waals surface area contributed by atoms with Crippen LogP contribution in [-0.2, 0) is 4.79 Å². The standard InChI is InChI=1S/C14H21N3O/c1-10-4-5-11(2)12(8-10)16-14(18)13-9-17(3)7-6-15-13/h4-5,8,13,15H,6-7,9H2,1-3H3,(H,16,18). The molecule has 1 fully saturated rings. The Balaban J connectivity index is 2.04. The molecule has 0 radical (unpaired) electrons. The van der Waals surface area contributed by atoms with Crippen LogP contribution in [0, 0.1) is 13.8 Å². The molecule has 1 heterocycles. The number of hydrogen-bond acceptors (Lipinski definition) is 3. The van der Waals surface area contributed by atoms with Gasteiger partial charge in [0.1, 0.15) is 0 Å². The number of likely N-dealkylation sites (N-methyl/N-ethyl adjacent to an activating group) is 1. The van der Waals surface area contributed by atoms with Gasteiger partial charge in [-0.25, -0.2) is 0 Å². The van der Waals surface area contributed by atoms with Gasteiger partial charge in [0.05, 0.1) is 6.04 Å². The lowest BCUT2D eigenvalue weighted by molar-refractivity contribution is -0.119. The van der Waals surface area contributed by atoms with Crippen LogP contribution in [0.3, 0.4) is 0 Å². The number of carbonyl (C=O) groups excluding carboxylic acids is 1. The molecule has 1 saturated heterocycles. The minimum atomic E-state index is -0.122. The summed E-state index contributed by atoms with van der Waals surface area (Å²) in [5.41, 5.74) is 3.16. The third-order valence-corrected chi connectivity index (χ3v) is 3.35. The number of anilines is 1. The molecule has 0 saturated carbocycles. The molecule has 0 aliphatic carbocycles. The van der Waals surface area contributed by atoms with Crippen molar-refractivity contribution in [2.24, 2.45) is 0 Å². The quantitative estimate of drug-likeness (QED) is 0.824. The van der Waals surface area contributed by atoms with Crippen molar-refractivity contribution in [2.75, 3.05) is 32.0 Å². The summed E-state index contributed by atoms with van der Waals surface area (Å²) in [5.74, 6) is 0.0512. The maximum atomic E-state index is 12.2. The van der Waals surface area contributed by atoms with Crippen molar-refractivity contribution in [3.8, 4) is 0 Å². The number of aryl methyl sites for hydroxylation is 2. The minimum Gasteiger partial charge on any atom is -0.324 e. The van der Waals surface area contributed by atoms with Gasteiger partial charge in [-0.1, -0.05) is 12.1 Å². The molecule has 4 heteroatoms. The fraction of sp³-hybridized carbons (Fsp3) is 0.500. The summed E-state index contributed by atoms with van der Waals surface area (Å²) in [7, 11) is 2.04. The van der Waals surface area contributed by atoms with E-state index in [1.807, 2.05) is 33.0 Å². The third kappa shape index (κ3) is 3.09. The first-order chi connectivity index (χ1) is 8.56. The van der Waals surface area contributed by atoms with Crippen molar-refractivity contribution in [1.29, 1.82) is 0 Å². The molecule has 1 amide bonds. The SMILES string of the molecule is Cc1ccc(C)c(NC(=O)C2CN(C)CCN2)c1. The Kier molecular flexibility index (Phi) is 3.99. The van der Waals surface area contributed by atoms with E-state index in [2.05, 4.69) is 21.6 Å². The van der Waals surface area contributed by atoms with Gasteiger partial charge >= 0.3 is 0 Å². The second kappa shape index (κ2) is 5.50. The lowest BCUT2D eigenvalue weighted by Crippen LogP contribution is -2.54. The van der Waals surface area contributed by atoms with Crippen molar-refractivity contribution in [1.82, 2.24) is 10.2 Å². The summed E-state index contributed by atoms with van der Waals surface area (Å²) < 4.78 is 0. The zero-order valence-corrected chi connectivity index (χ0v) is 11.3. The highest BCUT2D eigenvalue weighted by Crippen LogP contribution is 2.16. The zero-order chi connectivity index (χ0) is 13.1. The Labute approximate surface area is 108 Å². The van der Waals surface area contributed by atoms with Crippen molar-refractivity contribution >= 4 is 11.6 Å². The van der Waals surface area contributed by atoms with E-state index >= 15 is 0 Å². The predicted molar refractivity (Wildman–Crippen MR) is 73.8 cm³/mol. The number of carbonyl (C=O) groups is 1. The van der Waals surface area contributed by atoms with Crippen molar-refractivity contribution in [3.05, 3.63) is 29.3 Å². The fourth-order valence-corrected chi connectivity index (χ4v) is 2.16. The number of rotatable bonds is 2. The molecule has 1 atom stereocenters. The van der Waals surface area contributed by atoms with E-state index in [4.69, 9.17) is 0 Å². The normalized spacial score (nSPS) is 20.7. The molecule has 1 aliphatic rings. The number of nitrogens with zero attached hydrogens (tertiary/aromatic N) is 1. The molecule has 0 bridgehead atoms. The summed E-state index contributed by atoms with van der Waals surface area (Å²) in [4.78, 5) is 14.3.